The van der Waals surface area contributed by atoms with Crippen LogP contribution in [-0.4, -0.2) is 54.4 Å². The van der Waals surface area contributed by atoms with Gasteiger partial charge in [-0.1, -0.05) is 37.6 Å². The number of hydrogen-bond donors (Lipinski definition) is 1. The molecular weight excluding hydrogens is 426 g/mol. The molecule has 6 nitrogen and oxygen atoms in total. The molecule has 32 heavy (non-hydrogen) atoms. The van der Waals surface area contributed by atoms with Crippen molar-refractivity contribution in [3.8, 4) is 5.75 Å². The van der Waals surface area contributed by atoms with E-state index in [1.54, 1.807) is 41.1 Å². The molecule has 2 aromatic carbocycles. The van der Waals surface area contributed by atoms with Crippen LogP contribution in [0.3, 0.4) is 0 Å². The summed E-state index contributed by atoms with van der Waals surface area (Å²) in [6.07, 6.45) is 3.35. The Morgan fingerprint density at radius 1 is 1.16 bits per heavy atom. The lowest BCUT2D eigenvalue weighted by Gasteiger charge is -2.21. The molecule has 0 saturated heterocycles. The van der Waals surface area contributed by atoms with E-state index in [-0.39, 0.29) is 23.5 Å². The van der Waals surface area contributed by atoms with Crippen LogP contribution in [0.5, 0.6) is 5.75 Å². The Labute approximate surface area is 194 Å². The summed E-state index contributed by atoms with van der Waals surface area (Å²) >= 11 is 6.49. The first-order valence-corrected chi connectivity index (χ1v) is 11.0. The van der Waals surface area contributed by atoms with E-state index >= 15 is 0 Å². The zero-order valence-corrected chi connectivity index (χ0v) is 20.0. The summed E-state index contributed by atoms with van der Waals surface area (Å²) in [6, 6.07) is 8.65. The second-order valence-electron chi connectivity index (χ2n) is 8.69. The summed E-state index contributed by atoms with van der Waals surface area (Å²) in [5, 5.41) is 10.6. The highest BCUT2D eigenvalue weighted by Gasteiger charge is 2.30. The Balaban J connectivity index is 1.85. The van der Waals surface area contributed by atoms with Gasteiger partial charge < -0.3 is 19.8 Å². The minimum Gasteiger partial charge on any atom is -0.508 e. The van der Waals surface area contributed by atoms with E-state index < -0.39 is 0 Å². The summed E-state index contributed by atoms with van der Waals surface area (Å²) < 4.78 is 0. The van der Waals surface area contributed by atoms with Crippen molar-refractivity contribution in [2.45, 2.75) is 32.9 Å². The molecule has 0 bridgehead atoms. The molecule has 2 amide bonds. The largest absolute Gasteiger partial charge is 0.508 e. The van der Waals surface area contributed by atoms with Crippen LogP contribution in [0, 0.1) is 0 Å². The Kier molecular flexibility index (Phi) is 7.26. The standard InChI is InChI=1S/C25H30ClN3O3/c1-16(2)19-13-17(9-11-22(19)30)25(32)29-14-18-8-10-21(26)24(20(18)15-29)28(5)23(31)7-6-12-27(3)4/h6-11,13,16,30H,12,14-15H2,1-5H3/b7-6+. The maximum absolute atomic E-state index is 13.2. The molecule has 0 fully saturated rings. The molecule has 3 rings (SSSR count). The van der Waals surface area contributed by atoms with Crippen molar-refractivity contribution in [3.05, 3.63) is 69.8 Å². The number of phenolic OH excluding ortho intramolecular Hbond substituents is 1. The van der Waals surface area contributed by atoms with Gasteiger partial charge in [0.2, 0.25) is 5.91 Å². The predicted molar refractivity (Wildman–Crippen MR) is 128 cm³/mol. The first-order valence-electron chi connectivity index (χ1n) is 10.6. The van der Waals surface area contributed by atoms with Gasteiger partial charge in [0, 0.05) is 43.9 Å². The van der Waals surface area contributed by atoms with Crippen LogP contribution in [0.25, 0.3) is 0 Å². The van der Waals surface area contributed by atoms with Gasteiger partial charge in [0.1, 0.15) is 5.75 Å². The number of nitrogens with zero attached hydrogens (tertiary/aromatic N) is 3. The third-order valence-electron chi connectivity index (χ3n) is 5.62. The molecule has 1 aliphatic heterocycles. The van der Waals surface area contributed by atoms with Gasteiger partial charge in [-0.3, -0.25) is 9.59 Å². The monoisotopic (exact) mass is 455 g/mol. The topological polar surface area (TPSA) is 64.1 Å². The highest BCUT2D eigenvalue weighted by atomic mass is 35.5. The number of benzene rings is 2. The maximum Gasteiger partial charge on any atom is 0.254 e. The summed E-state index contributed by atoms with van der Waals surface area (Å²) in [5.74, 6) is -0.000927. The lowest BCUT2D eigenvalue weighted by atomic mass is 9.99. The molecule has 0 spiro atoms. The molecule has 0 saturated carbocycles. The number of aromatic hydroxyl groups is 1. The molecule has 2 aromatic rings. The van der Waals surface area contributed by atoms with Crippen LogP contribution >= 0.6 is 11.6 Å². The smallest absolute Gasteiger partial charge is 0.254 e. The number of anilines is 1. The molecule has 0 radical (unpaired) electrons. The minimum atomic E-state index is -0.174. The van der Waals surface area contributed by atoms with E-state index in [0.29, 0.717) is 35.9 Å². The maximum atomic E-state index is 13.2. The first-order chi connectivity index (χ1) is 15.1. The van der Waals surface area contributed by atoms with Crippen molar-refractivity contribution in [2.75, 3.05) is 32.6 Å². The van der Waals surface area contributed by atoms with E-state index in [1.807, 2.05) is 45.0 Å². The van der Waals surface area contributed by atoms with Crippen molar-refractivity contribution in [1.29, 1.82) is 0 Å². The van der Waals surface area contributed by atoms with Crippen molar-refractivity contribution < 1.29 is 14.7 Å². The second kappa shape index (κ2) is 9.76. The number of amides is 2. The zero-order valence-electron chi connectivity index (χ0n) is 19.2. The van der Waals surface area contributed by atoms with Crippen LogP contribution in [0.2, 0.25) is 5.02 Å². The predicted octanol–water partition coefficient (Wildman–Crippen LogP) is 4.41. The minimum absolute atomic E-state index is 0.101. The zero-order chi connectivity index (χ0) is 23.6. The fourth-order valence-electron chi connectivity index (χ4n) is 3.85. The quantitative estimate of drug-likeness (QED) is 0.655. The number of rotatable bonds is 6. The van der Waals surface area contributed by atoms with Gasteiger partial charge in [-0.15, -0.1) is 0 Å². The van der Waals surface area contributed by atoms with Crippen molar-refractivity contribution in [2.24, 2.45) is 0 Å². The van der Waals surface area contributed by atoms with Crippen molar-refractivity contribution >= 4 is 29.1 Å². The summed E-state index contributed by atoms with van der Waals surface area (Å²) in [4.78, 5) is 31.2. The average molecular weight is 456 g/mol. The van der Waals surface area contributed by atoms with Crippen LogP contribution in [-0.2, 0) is 17.9 Å². The summed E-state index contributed by atoms with van der Waals surface area (Å²) in [7, 11) is 5.57. The molecule has 0 unspecified atom stereocenters. The number of carbonyl (C=O) groups is 2. The molecule has 1 aliphatic rings. The Bertz CT molecular complexity index is 1060. The highest BCUT2D eigenvalue weighted by Crippen LogP contribution is 2.38. The summed E-state index contributed by atoms with van der Waals surface area (Å²) in [6.45, 7) is 5.41. The Morgan fingerprint density at radius 3 is 2.53 bits per heavy atom. The lowest BCUT2D eigenvalue weighted by Crippen LogP contribution is -2.27. The van der Waals surface area contributed by atoms with E-state index in [0.717, 1.165) is 16.7 Å². The molecule has 7 heteroatoms. The number of likely N-dealkylation sites (N-methyl/N-ethyl adjacent to an activating group) is 2. The number of phenols is 1. The molecule has 0 aliphatic carbocycles. The van der Waals surface area contributed by atoms with Gasteiger partial charge in [-0.05, 0) is 55.4 Å². The van der Waals surface area contributed by atoms with Gasteiger partial charge in [0.25, 0.3) is 5.91 Å². The third-order valence-corrected chi connectivity index (χ3v) is 5.93. The van der Waals surface area contributed by atoms with Gasteiger partial charge in [-0.25, -0.2) is 0 Å². The molecule has 0 aromatic heterocycles. The lowest BCUT2D eigenvalue weighted by molar-refractivity contribution is -0.113. The van der Waals surface area contributed by atoms with E-state index in [4.69, 9.17) is 11.6 Å². The third kappa shape index (κ3) is 4.97. The normalized spacial score (nSPS) is 13.3. The van der Waals surface area contributed by atoms with Gasteiger partial charge in [-0.2, -0.15) is 0 Å². The van der Waals surface area contributed by atoms with Gasteiger partial charge in [0.05, 0.1) is 10.7 Å². The number of carbonyl (C=O) groups excluding carboxylic acids is 2. The number of fused-ring (bicyclic) bond motifs is 1. The van der Waals surface area contributed by atoms with Crippen LogP contribution in [0.4, 0.5) is 5.69 Å². The second-order valence-corrected chi connectivity index (χ2v) is 9.09. The van der Waals surface area contributed by atoms with E-state index in [1.165, 1.54) is 6.08 Å². The number of halogens is 1. The molecular formula is C25H30ClN3O3. The van der Waals surface area contributed by atoms with Crippen LogP contribution < -0.4 is 4.90 Å². The first kappa shape index (κ1) is 23.8. The van der Waals surface area contributed by atoms with Gasteiger partial charge in [0.15, 0.2) is 0 Å². The highest BCUT2D eigenvalue weighted by molar-refractivity contribution is 6.34. The van der Waals surface area contributed by atoms with Crippen molar-refractivity contribution in [3.63, 3.8) is 0 Å². The number of hydrogen-bond acceptors (Lipinski definition) is 4. The average Bonchev–Trinajstić information content (AvgIpc) is 3.16. The summed E-state index contributed by atoms with van der Waals surface area (Å²) in [5.41, 5.74) is 3.75. The van der Waals surface area contributed by atoms with Gasteiger partial charge >= 0.3 is 0 Å². The van der Waals surface area contributed by atoms with E-state index in [9.17, 15) is 14.7 Å². The fourth-order valence-corrected chi connectivity index (χ4v) is 4.16. The molecule has 1 N–H and O–H groups in total. The van der Waals surface area contributed by atoms with E-state index in [2.05, 4.69) is 0 Å². The Hall–Kier alpha value is -2.83. The van der Waals surface area contributed by atoms with Crippen LogP contribution in [0.15, 0.2) is 42.5 Å². The fraction of sp³-hybridized carbons (Fsp3) is 0.360. The van der Waals surface area contributed by atoms with Crippen molar-refractivity contribution in [1.82, 2.24) is 9.80 Å². The molecule has 170 valence electrons. The van der Waals surface area contributed by atoms with Crippen LogP contribution in [0.1, 0.15) is 46.8 Å². The molecule has 1 heterocycles. The Morgan fingerprint density at radius 2 is 1.88 bits per heavy atom. The molecule has 0 atom stereocenters. The SMILES string of the molecule is CC(C)c1cc(C(=O)N2Cc3ccc(Cl)c(N(C)C(=O)/C=C/CN(C)C)c3C2)ccc1O.